The number of hydrogen-bond donors (Lipinski definition) is 0. The Morgan fingerprint density at radius 3 is 3.00 bits per heavy atom. The van der Waals surface area contributed by atoms with Crippen LogP contribution in [0, 0.1) is 5.92 Å². The van der Waals surface area contributed by atoms with E-state index in [-0.39, 0.29) is 24.0 Å². The number of hydrogen-bond acceptors (Lipinski definition) is 3. The first kappa shape index (κ1) is 14.7. The van der Waals surface area contributed by atoms with E-state index in [1.54, 1.807) is 0 Å². The molecule has 0 saturated carbocycles. The van der Waals surface area contributed by atoms with E-state index in [1.165, 1.54) is 0 Å². The molecule has 1 amide bonds. The van der Waals surface area contributed by atoms with Crippen molar-refractivity contribution in [1.82, 2.24) is 4.90 Å². The molecule has 0 aliphatic carbocycles. The van der Waals surface area contributed by atoms with Crippen molar-refractivity contribution in [3.8, 4) is 5.75 Å². The molecule has 2 aliphatic heterocycles. The summed E-state index contributed by atoms with van der Waals surface area (Å²) >= 11 is 5.86. The van der Waals surface area contributed by atoms with E-state index >= 15 is 0 Å². The van der Waals surface area contributed by atoms with Gasteiger partial charge in [-0.2, -0.15) is 0 Å². The van der Waals surface area contributed by atoms with Gasteiger partial charge in [-0.25, -0.2) is 0 Å². The Morgan fingerprint density at radius 2 is 2.19 bits per heavy atom. The summed E-state index contributed by atoms with van der Waals surface area (Å²) in [7, 11) is 0. The highest BCUT2D eigenvalue weighted by Crippen LogP contribution is 2.28. The number of para-hydroxylation sites is 1. The summed E-state index contributed by atoms with van der Waals surface area (Å²) < 4.78 is 11.3. The third kappa shape index (κ3) is 3.01. The van der Waals surface area contributed by atoms with Crippen LogP contribution in [0.4, 0.5) is 0 Å². The van der Waals surface area contributed by atoms with Gasteiger partial charge in [0.1, 0.15) is 12.4 Å². The number of nitrogens with zero attached hydrogens (tertiary/aromatic N) is 1. The number of halogens is 1. The zero-order valence-corrected chi connectivity index (χ0v) is 12.9. The average Bonchev–Trinajstić information content (AvgIpc) is 2.54. The first-order chi connectivity index (χ1) is 10.2. The minimum atomic E-state index is -0.114. The number of alkyl halides is 1. The van der Waals surface area contributed by atoms with Crippen molar-refractivity contribution >= 4 is 17.5 Å². The number of rotatable bonds is 2. The van der Waals surface area contributed by atoms with E-state index in [9.17, 15) is 4.79 Å². The zero-order valence-electron chi connectivity index (χ0n) is 12.1. The van der Waals surface area contributed by atoms with Crippen LogP contribution in [0.25, 0.3) is 0 Å². The highest BCUT2D eigenvalue weighted by molar-refractivity contribution is 6.18. The lowest BCUT2D eigenvalue weighted by molar-refractivity contribution is -0.148. The Bertz CT molecular complexity index is 522. The predicted molar refractivity (Wildman–Crippen MR) is 80.8 cm³/mol. The van der Waals surface area contributed by atoms with Gasteiger partial charge in [-0.05, 0) is 25.0 Å². The molecule has 1 aromatic rings. The van der Waals surface area contributed by atoms with Crippen LogP contribution in [0.15, 0.2) is 24.3 Å². The van der Waals surface area contributed by atoms with Gasteiger partial charge in [0.25, 0.3) is 0 Å². The largest absolute Gasteiger partial charge is 0.492 e. The number of fused-ring (bicyclic) bond motifs is 1. The summed E-state index contributed by atoms with van der Waals surface area (Å²) in [6.07, 6.45) is 0.675. The summed E-state index contributed by atoms with van der Waals surface area (Å²) in [4.78, 5) is 14.7. The van der Waals surface area contributed by atoms with Crippen molar-refractivity contribution in [2.45, 2.75) is 25.5 Å². The minimum absolute atomic E-state index is 0.0661. The molecule has 4 nitrogen and oxygen atoms in total. The molecular weight excluding hydrogens is 290 g/mol. The van der Waals surface area contributed by atoms with E-state index in [2.05, 4.69) is 0 Å². The Kier molecular flexibility index (Phi) is 4.36. The van der Waals surface area contributed by atoms with E-state index < -0.39 is 0 Å². The van der Waals surface area contributed by atoms with Crippen LogP contribution in [-0.4, -0.2) is 48.6 Å². The van der Waals surface area contributed by atoms with Gasteiger partial charge in [0.05, 0.1) is 30.6 Å². The maximum absolute atomic E-state index is 12.8. The monoisotopic (exact) mass is 309 g/mol. The molecule has 1 saturated heterocycles. The zero-order chi connectivity index (χ0) is 14.8. The van der Waals surface area contributed by atoms with Gasteiger partial charge in [-0.3, -0.25) is 4.79 Å². The van der Waals surface area contributed by atoms with Gasteiger partial charge >= 0.3 is 0 Å². The SMILES string of the molecule is CC1COC(CCl)CN1C(=O)C1COc2ccccc2C1. The van der Waals surface area contributed by atoms with Gasteiger partial charge in [0.15, 0.2) is 0 Å². The molecule has 3 rings (SSSR count). The number of benzene rings is 1. The van der Waals surface area contributed by atoms with Crippen molar-refractivity contribution < 1.29 is 14.3 Å². The van der Waals surface area contributed by atoms with Gasteiger partial charge in [-0.1, -0.05) is 18.2 Å². The molecule has 3 unspecified atom stereocenters. The maximum atomic E-state index is 12.8. The standard InChI is InChI=1S/C16H20ClNO3/c1-11-9-20-14(7-17)8-18(11)16(19)13-6-12-4-2-3-5-15(12)21-10-13/h2-5,11,13-14H,6-10H2,1H3. The molecule has 5 heteroatoms. The summed E-state index contributed by atoms with van der Waals surface area (Å²) in [5, 5.41) is 0. The third-order valence-corrected chi connectivity index (χ3v) is 4.53. The summed E-state index contributed by atoms with van der Waals surface area (Å²) in [6, 6.07) is 8.01. The predicted octanol–water partition coefficient (Wildman–Crippen LogP) is 2.09. The fourth-order valence-electron chi connectivity index (χ4n) is 2.94. The van der Waals surface area contributed by atoms with Crippen LogP contribution in [0.5, 0.6) is 5.75 Å². The highest BCUT2D eigenvalue weighted by atomic mass is 35.5. The summed E-state index contributed by atoms with van der Waals surface area (Å²) in [5.74, 6) is 1.35. The average molecular weight is 310 g/mol. The van der Waals surface area contributed by atoms with Crippen LogP contribution >= 0.6 is 11.6 Å². The van der Waals surface area contributed by atoms with Gasteiger partial charge in [0.2, 0.25) is 5.91 Å². The Hall–Kier alpha value is -1.26. The lowest BCUT2D eigenvalue weighted by Crippen LogP contribution is -2.54. The van der Waals surface area contributed by atoms with Crippen molar-refractivity contribution in [1.29, 1.82) is 0 Å². The van der Waals surface area contributed by atoms with Crippen molar-refractivity contribution in [2.24, 2.45) is 5.92 Å². The Morgan fingerprint density at radius 1 is 1.38 bits per heavy atom. The van der Waals surface area contributed by atoms with Gasteiger partial charge in [0, 0.05) is 6.54 Å². The molecule has 1 aromatic carbocycles. The highest BCUT2D eigenvalue weighted by Gasteiger charge is 2.35. The molecule has 2 heterocycles. The molecule has 21 heavy (non-hydrogen) atoms. The second-order valence-corrected chi connectivity index (χ2v) is 6.08. The second-order valence-electron chi connectivity index (χ2n) is 5.77. The number of morpholine rings is 1. The third-order valence-electron chi connectivity index (χ3n) is 4.19. The lowest BCUT2D eigenvalue weighted by atomic mass is 9.94. The van der Waals surface area contributed by atoms with Gasteiger partial charge in [-0.15, -0.1) is 11.6 Å². The molecular formula is C16H20ClNO3. The second kappa shape index (κ2) is 6.24. The first-order valence-electron chi connectivity index (χ1n) is 7.37. The number of ether oxygens (including phenoxy) is 2. The van der Waals surface area contributed by atoms with Crippen LogP contribution in [0.3, 0.4) is 0 Å². The van der Waals surface area contributed by atoms with Crippen molar-refractivity contribution in [2.75, 3.05) is 25.6 Å². The smallest absolute Gasteiger partial charge is 0.229 e. The van der Waals surface area contributed by atoms with Crippen LogP contribution in [0.1, 0.15) is 12.5 Å². The topological polar surface area (TPSA) is 38.8 Å². The minimum Gasteiger partial charge on any atom is -0.492 e. The molecule has 0 aromatic heterocycles. The summed E-state index contributed by atoms with van der Waals surface area (Å²) in [6.45, 7) is 3.58. The molecule has 1 fully saturated rings. The van der Waals surface area contributed by atoms with E-state index in [0.717, 1.165) is 17.7 Å². The Labute approximate surface area is 130 Å². The molecule has 0 bridgehead atoms. The fraction of sp³-hybridized carbons (Fsp3) is 0.562. The van der Waals surface area contributed by atoms with Crippen molar-refractivity contribution in [3.63, 3.8) is 0 Å². The molecule has 0 radical (unpaired) electrons. The van der Waals surface area contributed by atoms with Crippen LogP contribution in [-0.2, 0) is 16.0 Å². The maximum Gasteiger partial charge on any atom is 0.229 e. The fourth-order valence-corrected chi connectivity index (χ4v) is 3.13. The quantitative estimate of drug-likeness (QED) is 0.785. The first-order valence-corrected chi connectivity index (χ1v) is 7.91. The molecule has 0 spiro atoms. The molecule has 3 atom stereocenters. The van der Waals surface area contributed by atoms with E-state index in [1.807, 2.05) is 36.1 Å². The lowest BCUT2D eigenvalue weighted by Gasteiger charge is -2.40. The summed E-state index contributed by atoms with van der Waals surface area (Å²) in [5.41, 5.74) is 1.11. The van der Waals surface area contributed by atoms with Crippen LogP contribution in [0.2, 0.25) is 0 Å². The van der Waals surface area contributed by atoms with Crippen molar-refractivity contribution in [3.05, 3.63) is 29.8 Å². The molecule has 0 N–H and O–H groups in total. The number of amides is 1. The molecule has 2 aliphatic rings. The number of carbonyl (C=O) groups is 1. The van der Waals surface area contributed by atoms with E-state index in [4.69, 9.17) is 21.1 Å². The number of carbonyl (C=O) groups excluding carboxylic acids is 1. The normalized spacial score (nSPS) is 28.7. The van der Waals surface area contributed by atoms with Crippen LogP contribution < -0.4 is 4.74 Å². The Balaban J connectivity index is 1.71. The van der Waals surface area contributed by atoms with E-state index in [0.29, 0.717) is 25.6 Å². The molecule has 114 valence electrons. The van der Waals surface area contributed by atoms with Gasteiger partial charge < -0.3 is 14.4 Å².